The Labute approximate surface area is 154 Å². The lowest BCUT2D eigenvalue weighted by molar-refractivity contribution is -0.117. The summed E-state index contributed by atoms with van der Waals surface area (Å²) in [5.41, 5.74) is 2.78. The van der Waals surface area contributed by atoms with E-state index in [4.69, 9.17) is 4.74 Å². The first-order valence-corrected chi connectivity index (χ1v) is 9.08. The van der Waals surface area contributed by atoms with Gasteiger partial charge >= 0.3 is 0 Å². The molecule has 138 valence electrons. The second kappa shape index (κ2) is 7.72. The molecule has 1 aliphatic rings. The Kier molecular flexibility index (Phi) is 5.40. The predicted octanol–water partition coefficient (Wildman–Crippen LogP) is 3.27. The minimum atomic E-state index is -0.237. The number of carbonyl (C=O) groups is 1. The molecule has 0 saturated carbocycles. The summed E-state index contributed by atoms with van der Waals surface area (Å²) in [5.74, 6) is 2.22. The molecule has 3 rings (SSSR count). The van der Waals surface area contributed by atoms with Gasteiger partial charge in [-0.3, -0.25) is 4.79 Å². The van der Waals surface area contributed by atoms with E-state index in [-0.39, 0.29) is 11.9 Å². The van der Waals surface area contributed by atoms with Crippen molar-refractivity contribution in [3.63, 3.8) is 0 Å². The molecular weight excluding hydrogens is 328 g/mol. The zero-order chi connectivity index (χ0) is 18.7. The molecule has 2 heterocycles. The quantitative estimate of drug-likeness (QED) is 0.892. The third kappa shape index (κ3) is 3.79. The van der Waals surface area contributed by atoms with E-state index in [1.807, 2.05) is 38.1 Å². The molecule has 1 fully saturated rings. The van der Waals surface area contributed by atoms with Gasteiger partial charge in [0.2, 0.25) is 5.91 Å². The van der Waals surface area contributed by atoms with Gasteiger partial charge in [0.15, 0.2) is 0 Å². The van der Waals surface area contributed by atoms with Crippen LogP contribution in [0, 0.1) is 13.8 Å². The number of aryl methyl sites for hydroxylation is 3. The fourth-order valence-corrected chi connectivity index (χ4v) is 3.39. The highest BCUT2D eigenvalue weighted by Crippen LogP contribution is 2.29. The van der Waals surface area contributed by atoms with Gasteiger partial charge in [-0.2, -0.15) is 0 Å². The molecule has 1 aliphatic heterocycles. The molecule has 1 aromatic carbocycles. The normalized spacial score (nSPS) is 16.6. The molecule has 0 radical (unpaired) electrons. The number of methoxy groups -OCH3 is 1. The van der Waals surface area contributed by atoms with Crippen molar-refractivity contribution in [1.29, 1.82) is 0 Å². The second-order valence-corrected chi connectivity index (χ2v) is 6.66. The topological polar surface area (TPSA) is 67.4 Å². The summed E-state index contributed by atoms with van der Waals surface area (Å²) in [6, 6.07) is 7.52. The lowest BCUT2D eigenvalue weighted by Crippen LogP contribution is -2.40. The predicted molar refractivity (Wildman–Crippen MR) is 103 cm³/mol. The Morgan fingerprint density at radius 2 is 2.12 bits per heavy atom. The van der Waals surface area contributed by atoms with Crippen LogP contribution in [0.25, 0.3) is 0 Å². The number of nitrogens with zero attached hydrogens (tertiary/aromatic N) is 3. The number of anilines is 2. The van der Waals surface area contributed by atoms with Crippen LogP contribution in [0.1, 0.15) is 36.8 Å². The van der Waals surface area contributed by atoms with Gasteiger partial charge in [0.25, 0.3) is 0 Å². The summed E-state index contributed by atoms with van der Waals surface area (Å²) in [7, 11) is 1.61. The standard InChI is InChI=1S/C20H26N4O2/c1-5-15-12-19(22-14(3)21-15)24-10-6-7-17(24)20(25)23-16-11-13(2)8-9-18(16)26-4/h8-9,11-12,17H,5-7,10H2,1-4H3,(H,23,25). The van der Waals surface area contributed by atoms with Crippen LogP contribution in [0.15, 0.2) is 24.3 Å². The van der Waals surface area contributed by atoms with Gasteiger partial charge in [0.05, 0.1) is 12.8 Å². The Hall–Kier alpha value is -2.63. The van der Waals surface area contributed by atoms with Gasteiger partial charge in [-0.25, -0.2) is 9.97 Å². The lowest BCUT2D eigenvalue weighted by Gasteiger charge is -2.25. The van der Waals surface area contributed by atoms with E-state index in [1.54, 1.807) is 7.11 Å². The summed E-state index contributed by atoms with van der Waals surface area (Å²) < 4.78 is 5.37. The van der Waals surface area contributed by atoms with E-state index in [2.05, 4.69) is 27.1 Å². The van der Waals surface area contributed by atoms with Gasteiger partial charge in [-0.15, -0.1) is 0 Å². The van der Waals surface area contributed by atoms with E-state index in [0.717, 1.165) is 48.7 Å². The molecule has 2 aromatic rings. The molecule has 0 bridgehead atoms. The Balaban J connectivity index is 1.83. The zero-order valence-electron chi connectivity index (χ0n) is 15.9. The van der Waals surface area contributed by atoms with E-state index in [0.29, 0.717) is 11.4 Å². The minimum absolute atomic E-state index is 0.0271. The highest BCUT2D eigenvalue weighted by Gasteiger charge is 2.32. The number of hydrogen-bond donors (Lipinski definition) is 1. The van der Waals surface area contributed by atoms with Crippen molar-refractivity contribution in [3.05, 3.63) is 41.3 Å². The van der Waals surface area contributed by atoms with Crippen molar-refractivity contribution in [2.75, 3.05) is 23.9 Å². The maximum atomic E-state index is 13.0. The fourth-order valence-electron chi connectivity index (χ4n) is 3.39. The maximum Gasteiger partial charge on any atom is 0.247 e. The number of carbonyl (C=O) groups excluding carboxylic acids is 1. The highest BCUT2D eigenvalue weighted by molar-refractivity contribution is 5.98. The minimum Gasteiger partial charge on any atom is -0.495 e. The first kappa shape index (κ1) is 18.2. The van der Waals surface area contributed by atoms with Crippen molar-refractivity contribution in [2.45, 2.75) is 46.1 Å². The SMILES string of the molecule is CCc1cc(N2CCCC2C(=O)Nc2cc(C)ccc2OC)nc(C)n1. The van der Waals surface area contributed by atoms with Crippen molar-refractivity contribution in [2.24, 2.45) is 0 Å². The average Bonchev–Trinajstić information content (AvgIpc) is 3.11. The van der Waals surface area contributed by atoms with Crippen molar-refractivity contribution in [1.82, 2.24) is 9.97 Å². The summed E-state index contributed by atoms with van der Waals surface area (Å²) in [5, 5.41) is 3.04. The molecule has 6 heteroatoms. The van der Waals surface area contributed by atoms with Crippen LogP contribution in [0.2, 0.25) is 0 Å². The molecule has 1 unspecified atom stereocenters. The molecule has 6 nitrogen and oxygen atoms in total. The zero-order valence-corrected chi connectivity index (χ0v) is 15.9. The smallest absolute Gasteiger partial charge is 0.247 e. The van der Waals surface area contributed by atoms with Crippen LogP contribution in [0.4, 0.5) is 11.5 Å². The molecule has 0 aliphatic carbocycles. The van der Waals surface area contributed by atoms with Crippen molar-refractivity contribution in [3.8, 4) is 5.75 Å². The number of nitrogens with one attached hydrogen (secondary N) is 1. The van der Waals surface area contributed by atoms with E-state index in [9.17, 15) is 4.79 Å². The number of benzene rings is 1. The Morgan fingerprint density at radius 1 is 1.31 bits per heavy atom. The summed E-state index contributed by atoms with van der Waals surface area (Å²) in [6.07, 6.45) is 2.62. The second-order valence-electron chi connectivity index (χ2n) is 6.66. The molecule has 26 heavy (non-hydrogen) atoms. The molecule has 1 atom stereocenters. The van der Waals surface area contributed by atoms with Crippen LogP contribution in [-0.2, 0) is 11.2 Å². The van der Waals surface area contributed by atoms with Crippen LogP contribution in [0.3, 0.4) is 0 Å². The molecule has 1 saturated heterocycles. The average molecular weight is 354 g/mol. The number of aromatic nitrogens is 2. The van der Waals surface area contributed by atoms with E-state index >= 15 is 0 Å². The van der Waals surface area contributed by atoms with E-state index < -0.39 is 0 Å². The number of hydrogen-bond acceptors (Lipinski definition) is 5. The maximum absolute atomic E-state index is 13.0. The molecular formula is C20H26N4O2. The summed E-state index contributed by atoms with van der Waals surface area (Å²) >= 11 is 0. The number of ether oxygens (including phenoxy) is 1. The van der Waals surface area contributed by atoms with Gasteiger partial charge in [-0.1, -0.05) is 13.0 Å². The monoisotopic (exact) mass is 354 g/mol. The first-order chi connectivity index (χ1) is 12.5. The van der Waals surface area contributed by atoms with Gasteiger partial charge in [0.1, 0.15) is 23.4 Å². The molecule has 0 spiro atoms. The van der Waals surface area contributed by atoms with Gasteiger partial charge in [0, 0.05) is 18.3 Å². The number of rotatable bonds is 5. The first-order valence-electron chi connectivity index (χ1n) is 9.08. The largest absolute Gasteiger partial charge is 0.495 e. The van der Waals surface area contributed by atoms with Crippen LogP contribution >= 0.6 is 0 Å². The highest BCUT2D eigenvalue weighted by atomic mass is 16.5. The van der Waals surface area contributed by atoms with Crippen LogP contribution in [-0.4, -0.2) is 35.6 Å². The Morgan fingerprint density at radius 3 is 2.85 bits per heavy atom. The van der Waals surface area contributed by atoms with Crippen molar-refractivity contribution >= 4 is 17.4 Å². The summed E-state index contributed by atoms with van der Waals surface area (Å²) in [6.45, 7) is 6.78. The molecule has 1 amide bonds. The third-order valence-corrected chi connectivity index (χ3v) is 4.70. The fraction of sp³-hybridized carbons (Fsp3) is 0.450. The Bertz CT molecular complexity index is 806. The van der Waals surface area contributed by atoms with Crippen molar-refractivity contribution < 1.29 is 9.53 Å². The van der Waals surface area contributed by atoms with Crippen LogP contribution < -0.4 is 15.0 Å². The van der Waals surface area contributed by atoms with Gasteiger partial charge < -0.3 is 15.0 Å². The van der Waals surface area contributed by atoms with Crippen LogP contribution in [0.5, 0.6) is 5.75 Å². The summed E-state index contributed by atoms with van der Waals surface area (Å²) in [4.78, 5) is 24.1. The molecule has 1 N–H and O–H groups in total. The van der Waals surface area contributed by atoms with E-state index in [1.165, 1.54) is 0 Å². The number of amides is 1. The third-order valence-electron chi connectivity index (χ3n) is 4.70. The van der Waals surface area contributed by atoms with Gasteiger partial charge in [-0.05, 0) is 50.8 Å². The lowest BCUT2D eigenvalue weighted by atomic mass is 10.1. The molecule has 1 aromatic heterocycles.